The van der Waals surface area contributed by atoms with Crippen molar-refractivity contribution < 1.29 is 32.2 Å². The Bertz CT molecular complexity index is 1120. The monoisotopic (exact) mass is 467 g/mol. The highest BCUT2D eigenvalue weighted by Crippen LogP contribution is 2.46. The Hall–Kier alpha value is -2.97. The van der Waals surface area contributed by atoms with E-state index in [1.807, 2.05) is 0 Å². The number of carbonyl (C=O) groups is 1. The predicted octanol–water partition coefficient (Wildman–Crippen LogP) is 5.75. The van der Waals surface area contributed by atoms with Crippen molar-refractivity contribution in [2.75, 3.05) is 13.7 Å². The van der Waals surface area contributed by atoms with E-state index in [2.05, 4.69) is 9.72 Å². The number of hydrogen-bond acceptors (Lipinski definition) is 4. The fraction of sp³-hybridized carbons (Fsp3) is 0.217. The smallest absolute Gasteiger partial charge is 0.396 e. The van der Waals surface area contributed by atoms with Gasteiger partial charge in [0, 0.05) is 22.7 Å². The van der Waals surface area contributed by atoms with E-state index >= 15 is 0 Å². The third kappa shape index (κ3) is 5.08. The van der Waals surface area contributed by atoms with Crippen molar-refractivity contribution in [3.05, 3.63) is 88.3 Å². The Morgan fingerprint density at radius 3 is 2.53 bits per heavy atom. The van der Waals surface area contributed by atoms with Crippen LogP contribution in [0.3, 0.4) is 0 Å². The molecule has 3 aromatic rings. The minimum atomic E-state index is -4.75. The standard InChI is InChI=1S/C23H18ClF4NO3/c1-32-22(31)15-4-2-3-13(9-15)20-10-14(7-8-29-20)21(23(26,27)28)18(12-30)17-6-5-16(25)11-19(17)24/h2-11,18,21,30H,12H2,1H3. The van der Waals surface area contributed by atoms with Crippen molar-refractivity contribution in [3.8, 4) is 11.3 Å². The summed E-state index contributed by atoms with van der Waals surface area (Å²) >= 11 is 6.00. The van der Waals surface area contributed by atoms with Crippen molar-refractivity contribution in [1.29, 1.82) is 0 Å². The Kier molecular flexibility index (Phi) is 7.16. The normalized spacial score (nSPS) is 13.5. The molecule has 0 fully saturated rings. The fourth-order valence-electron chi connectivity index (χ4n) is 3.56. The largest absolute Gasteiger partial charge is 0.465 e. The highest BCUT2D eigenvalue weighted by Gasteiger charge is 2.46. The third-order valence-corrected chi connectivity index (χ3v) is 5.36. The molecule has 0 spiro atoms. The third-order valence-electron chi connectivity index (χ3n) is 5.04. The van der Waals surface area contributed by atoms with Gasteiger partial charge in [-0.1, -0.05) is 29.8 Å². The fourth-order valence-corrected chi connectivity index (χ4v) is 3.86. The van der Waals surface area contributed by atoms with Gasteiger partial charge in [0.25, 0.3) is 0 Å². The molecule has 0 saturated carbocycles. The molecule has 168 valence electrons. The molecule has 0 amide bonds. The number of aliphatic hydroxyl groups is 1. The second-order valence-electron chi connectivity index (χ2n) is 7.02. The van der Waals surface area contributed by atoms with E-state index in [1.165, 1.54) is 37.6 Å². The Balaban J connectivity index is 2.09. The number of esters is 1. The van der Waals surface area contributed by atoms with E-state index in [-0.39, 0.29) is 27.4 Å². The molecule has 4 nitrogen and oxygen atoms in total. The lowest BCUT2D eigenvalue weighted by Gasteiger charge is -2.29. The molecule has 1 N–H and O–H groups in total. The summed E-state index contributed by atoms with van der Waals surface area (Å²) in [5.41, 5.74) is 0.644. The minimum absolute atomic E-state index is 0.0241. The van der Waals surface area contributed by atoms with Crippen LogP contribution >= 0.6 is 11.6 Å². The van der Waals surface area contributed by atoms with Crippen molar-refractivity contribution >= 4 is 17.6 Å². The summed E-state index contributed by atoms with van der Waals surface area (Å²) in [6.45, 7) is -0.870. The second-order valence-corrected chi connectivity index (χ2v) is 7.43. The molecule has 0 radical (unpaired) electrons. The lowest BCUT2D eigenvalue weighted by Crippen LogP contribution is -2.29. The predicted molar refractivity (Wildman–Crippen MR) is 111 cm³/mol. The highest BCUT2D eigenvalue weighted by molar-refractivity contribution is 6.31. The SMILES string of the molecule is COC(=O)c1cccc(-c2cc(C(C(CO)c3ccc(F)cc3Cl)C(F)(F)F)ccn2)c1. The van der Waals surface area contributed by atoms with E-state index in [0.29, 0.717) is 5.56 Å². The second kappa shape index (κ2) is 9.67. The number of nitrogens with zero attached hydrogens (tertiary/aromatic N) is 1. The molecule has 1 heterocycles. The summed E-state index contributed by atoms with van der Waals surface area (Å²) in [5.74, 6) is -4.90. The molecule has 2 aromatic carbocycles. The number of aromatic nitrogens is 1. The van der Waals surface area contributed by atoms with E-state index < -0.39 is 36.4 Å². The van der Waals surface area contributed by atoms with Gasteiger partial charge >= 0.3 is 12.1 Å². The van der Waals surface area contributed by atoms with Gasteiger partial charge in [0.1, 0.15) is 5.82 Å². The van der Waals surface area contributed by atoms with Gasteiger partial charge in [-0.2, -0.15) is 13.2 Å². The molecule has 32 heavy (non-hydrogen) atoms. The molecule has 2 atom stereocenters. The molecule has 9 heteroatoms. The molecule has 0 bridgehead atoms. The number of benzene rings is 2. The van der Waals surface area contributed by atoms with Crippen molar-refractivity contribution in [2.24, 2.45) is 0 Å². The molecule has 0 aliphatic rings. The number of aliphatic hydroxyl groups excluding tert-OH is 1. The lowest BCUT2D eigenvalue weighted by molar-refractivity contribution is -0.158. The van der Waals surface area contributed by atoms with Gasteiger partial charge < -0.3 is 9.84 Å². The number of alkyl halides is 3. The maximum Gasteiger partial charge on any atom is 0.396 e. The van der Waals surface area contributed by atoms with Crippen LogP contribution in [-0.4, -0.2) is 36.0 Å². The highest BCUT2D eigenvalue weighted by atomic mass is 35.5. The van der Waals surface area contributed by atoms with Gasteiger partial charge in [-0.3, -0.25) is 4.98 Å². The maximum absolute atomic E-state index is 14.2. The molecule has 2 unspecified atom stereocenters. The van der Waals surface area contributed by atoms with Crippen LogP contribution in [0.5, 0.6) is 0 Å². The summed E-state index contributed by atoms with van der Waals surface area (Å²) in [6.07, 6.45) is -3.54. The minimum Gasteiger partial charge on any atom is -0.465 e. The van der Waals surface area contributed by atoms with Gasteiger partial charge in [-0.15, -0.1) is 0 Å². The number of hydrogen-bond donors (Lipinski definition) is 1. The first kappa shape index (κ1) is 23.7. The number of methoxy groups -OCH3 is 1. The zero-order valence-corrected chi connectivity index (χ0v) is 17.5. The Labute approximate surface area is 186 Å². The quantitative estimate of drug-likeness (QED) is 0.370. The number of halogens is 5. The number of rotatable bonds is 6. The van der Waals surface area contributed by atoms with Gasteiger partial charge in [0.15, 0.2) is 0 Å². The van der Waals surface area contributed by atoms with Gasteiger partial charge in [0.2, 0.25) is 0 Å². The molecule has 1 aromatic heterocycles. The first-order valence-corrected chi connectivity index (χ1v) is 9.80. The average molecular weight is 468 g/mol. The Morgan fingerprint density at radius 2 is 1.91 bits per heavy atom. The van der Waals surface area contributed by atoms with Crippen LogP contribution in [0, 0.1) is 5.82 Å². The van der Waals surface area contributed by atoms with Crippen LogP contribution in [0.15, 0.2) is 60.8 Å². The average Bonchev–Trinajstić information content (AvgIpc) is 2.76. The molecule has 0 aliphatic carbocycles. The van der Waals surface area contributed by atoms with Gasteiger partial charge in [-0.25, -0.2) is 9.18 Å². The van der Waals surface area contributed by atoms with E-state index in [0.717, 1.165) is 18.2 Å². The summed E-state index contributed by atoms with van der Waals surface area (Å²) in [5, 5.41) is 9.65. The maximum atomic E-state index is 14.2. The Morgan fingerprint density at radius 1 is 1.16 bits per heavy atom. The van der Waals surface area contributed by atoms with Crippen molar-refractivity contribution in [3.63, 3.8) is 0 Å². The van der Waals surface area contributed by atoms with Crippen LogP contribution in [-0.2, 0) is 4.74 Å². The summed E-state index contributed by atoms with van der Waals surface area (Å²) < 4.78 is 60.6. The molecular formula is C23H18ClF4NO3. The molecule has 3 rings (SSSR count). The number of ether oxygens (including phenoxy) is 1. The lowest BCUT2D eigenvalue weighted by atomic mass is 9.81. The zero-order chi connectivity index (χ0) is 23.5. The van der Waals surface area contributed by atoms with Crippen LogP contribution in [0.4, 0.5) is 17.6 Å². The first-order chi connectivity index (χ1) is 15.2. The van der Waals surface area contributed by atoms with Crippen LogP contribution in [0.25, 0.3) is 11.3 Å². The zero-order valence-electron chi connectivity index (χ0n) is 16.7. The molecular weight excluding hydrogens is 450 g/mol. The molecule has 0 saturated heterocycles. The summed E-state index contributed by atoms with van der Waals surface area (Å²) in [6, 6.07) is 11.6. The van der Waals surface area contributed by atoms with E-state index in [9.17, 15) is 27.5 Å². The van der Waals surface area contributed by atoms with Crippen LogP contribution < -0.4 is 0 Å². The topological polar surface area (TPSA) is 59.4 Å². The van der Waals surface area contributed by atoms with E-state index in [1.54, 1.807) is 12.1 Å². The number of carbonyl (C=O) groups excluding carboxylic acids is 1. The first-order valence-electron chi connectivity index (χ1n) is 9.43. The van der Waals surface area contributed by atoms with Gasteiger partial charge in [-0.05, 0) is 47.5 Å². The molecule has 0 aliphatic heterocycles. The van der Waals surface area contributed by atoms with Crippen molar-refractivity contribution in [2.45, 2.75) is 18.0 Å². The van der Waals surface area contributed by atoms with Crippen molar-refractivity contribution in [1.82, 2.24) is 4.98 Å². The summed E-state index contributed by atoms with van der Waals surface area (Å²) in [7, 11) is 1.22. The van der Waals surface area contributed by atoms with Crippen LogP contribution in [0.1, 0.15) is 33.3 Å². The summed E-state index contributed by atoms with van der Waals surface area (Å²) in [4.78, 5) is 15.9. The van der Waals surface area contributed by atoms with Gasteiger partial charge in [0.05, 0.1) is 30.9 Å². The van der Waals surface area contributed by atoms with Crippen LogP contribution in [0.2, 0.25) is 5.02 Å². The van der Waals surface area contributed by atoms with E-state index in [4.69, 9.17) is 11.6 Å². The number of pyridine rings is 1.